The first kappa shape index (κ1) is 28.1. The number of rotatable bonds is 9. The van der Waals surface area contributed by atoms with E-state index in [9.17, 15) is 4.39 Å². The van der Waals surface area contributed by atoms with Gasteiger partial charge in [-0.2, -0.15) is 0 Å². The smallest absolute Gasteiger partial charge is 0.166 e. The third-order valence-corrected chi connectivity index (χ3v) is 6.19. The molecule has 0 spiro atoms. The lowest BCUT2D eigenvalue weighted by Gasteiger charge is -2.25. The molecule has 0 aliphatic heterocycles. The Morgan fingerprint density at radius 1 is 1.20 bits per heavy atom. The number of methoxy groups -OCH3 is 1. The highest BCUT2D eigenvalue weighted by Gasteiger charge is 2.21. The highest BCUT2D eigenvalue weighted by molar-refractivity contribution is 7.99. The molecule has 0 aromatic heterocycles. The molecule has 0 amide bonds. The Morgan fingerprint density at radius 3 is 2.37 bits per heavy atom. The molecule has 0 bridgehead atoms. The number of ether oxygens (including phenoxy) is 1. The van der Waals surface area contributed by atoms with Crippen LogP contribution in [0.15, 0.2) is 54.4 Å². The number of hydrazine groups is 1. The largest absolute Gasteiger partial charge is 0.492 e. The molecule has 0 fully saturated rings. The van der Waals surface area contributed by atoms with Crippen LogP contribution in [0.25, 0.3) is 5.70 Å². The molecule has 0 aliphatic carbocycles. The van der Waals surface area contributed by atoms with Crippen molar-refractivity contribution in [3.05, 3.63) is 76.9 Å². The topological polar surface area (TPSA) is 88.6 Å². The van der Waals surface area contributed by atoms with Crippen molar-refractivity contribution in [1.29, 1.82) is 0 Å². The van der Waals surface area contributed by atoms with E-state index in [-0.39, 0.29) is 5.41 Å². The zero-order valence-corrected chi connectivity index (χ0v) is 22.8. The Kier molecular flexibility index (Phi) is 9.29. The fourth-order valence-corrected chi connectivity index (χ4v) is 3.76. The number of allylic oxidation sites excluding steroid dienone is 2. The maximum absolute atomic E-state index is 14.9. The zero-order valence-electron chi connectivity index (χ0n) is 22.0. The molecule has 2 aromatic rings. The first-order valence-electron chi connectivity index (χ1n) is 11.3. The number of benzene rings is 2. The van der Waals surface area contributed by atoms with Gasteiger partial charge in [-0.1, -0.05) is 45.4 Å². The number of nitrogens with zero attached hydrogens (tertiary/aromatic N) is 1. The first-order chi connectivity index (χ1) is 16.3. The SMILES string of the molecule is C=C(Nc1cc(C(C)(C)C)cc(NSC)c1OC)c1cc(F)c(C)c(N(N)/C=C(N)/C(C)=C/C)c1. The van der Waals surface area contributed by atoms with Gasteiger partial charge in [-0.25, -0.2) is 10.2 Å². The van der Waals surface area contributed by atoms with Crippen LogP contribution in [0.2, 0.25) is 0 Å². The summed E-state index contributed by atoms with van der Waals surface area (Å²) < 4.78 is 23.9. The van der Waals surface area contributed by atoms with Crippen LogP contribution in [0.3, 0.4) is 0 Å². The average molecular weight is 500 g/mol. The minimum absolute atomic E-state index is 0.0978. The molecule has 6 nitrogen and oxygen atoms in total. The Hall–Kier alpha value is -3.10. The van der Waals surface area contributed by atoms with Crippen molar-refractivity contribution in [2.24, 2.45) is 11.6 Å². The van der Waals surface area contributed by atoms with E-state index >= 15 is 0 Å². The van der Waals surface area contributed by atoms with Crippen molar-refractivity contribution in [3.63, 3.8) is 0 Å². The van der Waals surface area contributed by atoms with Crippen LogP contribution in [0, 0.1) is 12.7 Å². The molecule has 0 atom stereocenters. The van der Waals surface area contributed by atoms with Gasteiger partial charge < -0.3 is 20.5 Å². The van der Waals surface area contributed by atoms with Gasteiger partial charge in [0.2, 0.25) is 0 Å². The molecule has 0 unspecified atom stereocenters. The van der Waals surface area contributed by atoms with Gasteiger partial charge in [-0.05, 0) is 61.6 Å². The van der Waals surface area contributed by atoms with Gasteiger partial charge >= 0.3 is 0 Å². The summed E-state index contributed by atoms with van der Waals surface area (Å²) in [6, 6.07) is 7.32. The van der Waals surface area contributed by atoms with E-state index in [4.69, 9.17) is 16.3 Å². The lowest BCUT2D eigenvalue weighted by atomic mass is 9.86. The van der Waals surface area contributed by atoms with Gasteiger partial charge in [0.15, 0.2) is 5.75 Å². The molecule has 0 aliphatic rings. The minimum Gasteiger partial charge on any atom is -0.492 e. The summed E-state index contributed by atoms with van der Waals surface area (Å²) in [6.07, 6.45) is 5.41. The fraction of sp³-hybridized carbons (Fsp3) is 0.333. The van der Waals surface area contributed by atoms with E-state index in [0.717, 1.165) is 22.5 Å². The normalized spacial score (nSPS) is 12.4. The number of nitrogens with one attached hydrogen (secondary N) is 2. The molecule has 190 valence electrons. The van der Waals surface area contributed by atoms with Gasteiger partial charge in [0.25, 0.3) is 0 Å². The molecular formula is C27H38FN5OS. The summed E-state index contributed by atoms with van der Waals surface area (Å²) >= 11 is 1.48. The maximum Gasteiger partial charge on any atom is 0.166 e. The molecule has 0 saturated heterocycles. The summed E-state index contributed by atoms with van der Waals surface area (Å²) in [5.41, 5.74) is 12.0. The molecule has 0 saturated carbocycles. The van der Waals surface area contributed by atoms with Crippen LogP contribution in [0.1, 0.15) is 51.3 Å². The van der Waals surface area contributed by atoms with Crippen LogP contribution in [0.5, 0.6) is 5.75 Å². The van der Waals surface area contributed by atoms with Gasteiger partial charge in [-0.3, -0.25) is 5.01 Å². The van der Waals surface area contributed by atoms with Crippen molar-refractivity contribution in [2.75, 3.05) is 28.4 Å². The standard InChI is InChI=1S/C27H38FN5OS/c1-10-16(2)22(29)15-33(30)25-12-19(11-21(28)17(25)3)18(4)31-23-13-20(27(5,6)7)14-24(32-35-9)26(23)34-8/h10-15,31-32H,4,29-30H2,1-3,5-9H3/b16-10+,22-15-. The second kappa shape index (κ2) is 11.6. The maximum atomic E-state index is 14.9. The summed E-state index contributed by atoms with van der Waals surface area (Å²) in [5.74, 6) is 6.49. The number of nitrogens with two attached hydrogens (primary N) is 2. The molecule has 0 heterocycles. The van der Waals surface area contributed by atoms with E-state index < -0.39 is 5.82 Å². The second-order valence-corrected chi connectivity index (χ2v) is 9.94. The predicted molar refractivity (Wildman–Crippen MR) is 151 cm³/mol. The summed E-state index contributed by atoms with van der Waals surface area (Å²) in [7, 11) is 1.62. The summed E-state index contributed by atoms with van der Waals surface area (Å²) in [6.45, 7) is 16.0. The molecular weight excluding hydrogens is 461 g/mol. The summed E-state index contributed by atoms with van der Waals surface area (Å²) in [4.78, 5) is 0. The van der Waals surface area contributed by atoms with Crippen LogP contribution < -0.4 is 31.4 Å². The number of hydrogen-bond donors (Lipinski definition) is 4. The van der Waals surface area contributed by atoms with E-state index in [1.54, 1.807) is 26.3 Å². The van der Waals surface area contributed by atoms with Crippen LogP contribution in [0.4, 0.5) is 21.5 Å². The molecule has 8 heteroatoms. The molecule has 0 radical (unpaired) electrons. The lowest BCUT2D eigenvalue weighted by molar-refractivity contribution is 0.418. The monoisotopic (exact) mass is 499 g/mol. The van der Waals surface area contributed by atoms with Crippen molar-refractivity contribution < 1.29 is 9.13 Å². The number of halogens is 1. The first-order valence-corrected chi connectivity index (χ1v) is 12.5. The fourth-order valence-electron chi connectivity index (χ4n) is 3.39. The zero-order chi connectivity index (χ0) is 26.5. The average Bonchev–Trinajstić information content (AvgIpc) is 2.79. The van der Waals surface area contributed by atoms with E-state index in [2.05, 4.69) is 43.5 Å². The molecule has 35 heavy (non-hydrogen) atoms. The van der Waals surface area contributed by atoms with Crippen molar-refractivity contribution in [1.82, 2.24) is 0 Å². The van der Waals surface area contributed by atoms with Gasteiger partial charge in [0.1, 0.15) is 5.82 Å². The highest BCUT2D eigenvalue weighted by Crippen LogP contribution is 2.41. The van der Waals surface area contributed by atoms with Crippen LogP contribution >= 0.6 is 11.9 Å². The third kappa shape index (κ3) is 6.74. The van der Waals surface area contributed by atoms with Crippen molar-refractivity contribution in [2.45, 2.75) is 47.0 Å². The Labute approximate surface area is 213 Å². The van der Waals surface area contributed by atoms with E-state index in [0.29, 0.717) is 34.0 Å². The van der Waals surface area contributed by atoms with Gasteiger partial charge in [-0.15, -0.1) is 0 Å². The lowest BCUT2D eigenvalue weighted by Crippen LogP contribution is -2.27. The molecule has 6 N–H and O–H groups in total. The number of hydrogen-bond acceptors (Lipinski definition) is 7. The summed E-state index contributed by atoms with van der Waals surface area (Å²) in [5, 5.41) is 4.66. The Morgan fingerprint density at radius 2 is 1.83 bits per heavy atom. The third-order valence-electron chi connectivity index (χ3n) is 5.77. The predicted octanol–water partition coefficient (Wildman–Crippen LogP) is 6.66. The van der Waals surface area contributed by atoms with Crippen LogP contribution in [-0.2, 0) is 5.41 Å². The quantitative estimate of drug-likeness (QED) is 0.133. The Balaban J connectivity index is 2.53. The molecule has 2 aromatic carbocycles. The second-order valence-electron chi connectivity index (χ2n) is 9.33. The van der Waals surface area contributed by atoms with E-state index in [1.165, 1.54) is 23.0 Å². The Bertz CT molecular complexity index is 1150. The van der Waals surface area contributed by atoms with E-state index in [1.807, 2.05) is 32.2 Å². The molecule has 2 rings (SSSR count). The minimum atomic E-state index is -0.397. The van der Waals surface area contributed by atoms with Crippen LogP contribution in [-0.4, -0.2) is 13.4 Å². The van der Waals surface area contributed by atoms with Gasteiger partial charge in [0, 0.05) is 29.3 Å². The van der Waals surface area contributed by atoms with Crippen molar-refractivity contribution >= 4 is 34.7 Å². The van der Waals surface area contributed by atoms with Crippen molar-refractivity contribution in [3.8, 4) is 5.75 Å². The highest BCUT2D eigenvalue weighted by atomic mass is 32.2. The number of anilines is 3. The van der Waals surface area contributed by atoms with Gasteiger partial charge in [0.05, 0.1) is 29.9 Å².